The fourth-order valence-corrected chi connectivity index (χ4v) is 2.89. The molecule has 0 saturated carbocycles. The molecule has 20 heavy (non-hydrogen) atoms. The van der Waals surface area contributed by atoms with Gasteiger partial charge in [0, 0.05) is 10.8 Å². The maximum atomic E-state index is 5.47. The number of ether oxygens (including phenoxy) is 1. The molecule has 2 heteroatoms. The van der Waals surface area contributed by atoms with Crippen molar-refractivity contribution < 1.29 is 4.74 Å². The third-order valence-electron chi connectivity index (χ3n) is 3.71. The van der Waals surface area contributed by atoms with Gasteiger partial charge >= 0.3 is 0 Å². The van der Waals surface area contributed by atoms with Crippen LogP contribution in [0.5, 0.6) is 5.75 Å². The SMILES string of the molecule is CBr.COc1ccc2ccc3cccc4ccc1c2c34. The summed E-state index contributed by atoms with van der Waals surface area (Å²) in [6.45, 7) is 0. The zero-order chi connectivity index (χ0) is 14.1. The molecular weight excluding hydrogens is 312 g/mol. The lowest BCUT2D eigenvalue weighted by atomic mass is 9.94. The fraction of sp³-hybridized carbons (Fsp3) is 0.111. The number of alkyl halides is 1. The van der Waals surface area contributed by atoms with Gasteiger partial charge in [-0.25, -0.2) is 0 Å². The van der Waals surface area contributed by atoms with E-state index in [1.165, 1.54) is 32.3 Å². The van der Waals surface area contributed by atoms with E-state index in [1.54, 1.807) is 7.11 Å². The quantitative estimate of drug-likeness (QED) is 0.326. The molecule has 0 atom stereocenters. The Labute approximate surface area is 126 Å². The predicted molar refractivity (Wildman–Crippen MR) is 91.5 cm³/mol. The van der Waals surface area contributed by atoms with Gasteiger partial charge in [0.05, 0.1) is 7.11 Å². The van der Waals surface area contributed by atoms with Gasteiger partial charge in [-0.1, -0.05) is 58.4 Å². The number of rotatable bonds is 1. The van der Waals surface area contributed by atoms with E-state index in [0.29, 0.717) is 0 Å². The molecule has 4 rings (SSSR count). The monoisotopic (exact) mass is 326 g/mol. The van der Waals surface area contributed by atoms with E-state index in [-0.39, 0.29) is 0 Å². The third-order valence-corrected chi connectivity index (χ3v) is 3.71. The van der Waals surface area contributed by atoms with Gasteiger partial charge in [-0.2, -0.15) is 0 Å². The molecule has 4 aromatic carbocycles. The summed E-state index contributed by atoms with van der Waals surface area (Å²) in [4.78, 5) is 0. The van der Waals surface area contributed by atoms with E-state index in [0.717, 1.165) is 5.75 Å². The minimum absolute atomic E-state index is 0.945. The number of hydrogen-bond donors (Lipinski definition) is 0. The molecule has 0 aliphatic heterocycles. The summed E-state index contributed by atoms with van der Waals surface area (Å²) in [5.41, 5.74) is 0. The summed E-state index contributed by atoms with van der Waals surface area (Å²) < 4.78 is 5.47. The summed E-state index contributed by atoms with van der Waals surface area (Å²) in [5.74, 6) is 2.76. The number of hydrogen-bond acceptors (Lipinski definition) is 1. The minimum atomic E-state index is 0.945. The summed E-state index contributed by atoms with van der Waals surface area (Å²) >= 11 is 2.94. The van der Waals surface area contributed by atoms with Gasteiger partial charge in [0.2, 0.25) is 0 Å². The van der Waals surface area contributed by atoms with Crippen LogP contribution in [0.3, 0.4) is 0 Å². The first kappa shape index (κ1) is 13.2. The van der Waals surface area contributed by atoms with Crippen LogP contribution in [0, 0.1) is 0 Å². The Bertz CT molecular complexity index is 851. The van der Waals surface area contributed by atoms with Crippen molar-refractivity contribution >= 4 is 48.2 Å². The van der Waals surface area contributed by atoms with Crippen LogP contribution < -0.4 is 4.74 Å². The highest BCUT2D eigenvalue weighted by Gasteiger charge is 2.10. The van der Waals surface area contributed by atoms with Gasteiger partial charge in [0.25, 0.3) is 0 Å². The van der Waals surface area contributed by atoms with E-state index < -0.39 is 0 Å². The fourth-order valence-electron chi connectivity index (χ4n) is 2.89. The first-order valence-electron chi connectivity index (χ1n) is 6.47. The highest BCUT2D eigenvalue weighted by Crippen LogP contribution is 2.38. The zero-order valence-corrected chi connectivity index (χ0v) is 13.1. The van der Waals surface area contributed by atoms with Crippen LogP contribution in [-0.4, -0.2) is 12.9 Å². The normalized spacial score (nSPS) is 10.8. The van der Waals surface area contributed by atoms with Crippen molar-refractivity contribution in [2.45, 2.75) is 0 Å². The molecule has 0 N–H and O–H groups in total. The Kier molecular flexibility index (Phi) is 3.49. The average molecular weight is 327 g/mol. The molecular formula is C18H15BrO. The first-order valence-corrected chi connectivity index (χ1v) is 8.05. The second kappa shape index (κ2) is 5.29. The molecule has 0 aliphatic carbocycles. The molecule has 0 unspecified atom stereocenters. The van der Waals surface area contributed by atoms with Crippen LogP contribution in [0.1, 0.15) is 0 Å². The van der Waals surface area contributed by atoms with Crippen molar-refractivity contribution in [3.8, 4) is 5.75 Å². The van der Waals surface area contributed by atoms with E-state index in [9.17, 15) is 0 Å². The summed E-state index contributed by atoms with van der Waals surface area (Å²) in [6.07, 6.45) is 0. The van der Waals surface area contributed by atoms with E-state index in [2.05, 4.69) is 64.5 Å². The van der Waals surface area contributed by atoms with Crippen LogP contribution in [0.4, 0.5) is 0 Å². The van der Waals surface area contributed by atoms with Gasteiger partial charge in [0.1, 0.15) is 5.75 Å². The lowest BCUT2D eigenvalue weighted by molar-refractivity contribution is 0.420. The van der Waals surface area contributed by atoms with Crippen molar-refractivity contribution in [2.24, 2.45) is 0 Å². The molecule has 0 aliphatic rings. The Hall–Kier alpha value is -1.80. The van der Waals surface area contributed by atoms with Crippen molar-refractivity contribution in [3.63, 3.8) is 0 Å². The van der Waals surface area contributed by atoms with Crippen LogP contribution in [0.15, 0.2) is 54.6 Å². The van der Waals surface area contributed by atoms with Crippen molar-refractivity contribution in [1.29, 1.82) is 0 Å². The van der Waals surface area contributed by atoms with Crippen LogP contribution in [0.2, 0.25) is 0 Å². The van der Waals surface area contributed by atoms with Gasteiger partial charge in [-0.3, -0.25) is 0 Å². The smallest absolute Gasteiger partial charge is 0.126 e. The molecule has 100 valence electrons. The Morgan fingerprint density at radius 1 is 0.700 bits per heavy atom. The van der Waals surface area contributed by atoms with Gasteiger partial charge < -0.3 is 4.74 Å². The van der Waals surface area contributed by atoms with E-state index in [4.69, 9.17) is 4.74 Å². The highest BCUT2D eigenvalue weighted by atomic mass is 79.9. The van der Waals surface area contributed by atoms with Crippen LogP contribution in [-0.2, 0) is 0 Å². The average Bonchev–Trinajstić information content (AvgIpc) is 2.54. The number of benzene rings is 4. The maximum absolute atomic E-state index is 5.47. The summed E-state index contributed by atoms with van der Waals surface area (Å²) in [5, 5.41) is 7.70. The molecule has 1 nitrogen and oxygen atoms in total. The van der Waals surface area contributed by atoms with Gasteiger partial charge in [-0.05, 0) is 39.5 Å². The zero-order valence-electron chi connectivity index (χ0n) is 11.5. The Balaban J connectivity index is 0.000000581. The third kappa shape index (κ3) is 1.83. The van der Waals surface area contributed by atoms with Gasteiger partial charge in [0.15, 0.2) is 0 Å². The minimum Gasteiger partial charge on any atom is -0.496 e. The second-order valence-electron chi connectivity index (χ2n) is 4.62. The predicted octanol–water partition coefficient (Wildman–Crippen LogP) is 5.60. The van der Waals surface area contributed by atoms with E-state index in [1.807, 2.05) is 11.9 Å². The van der Waals surface area contributed by atoms with Crippen LogP contribution in [0.25, 0.3) is 32.3 Å². The maximum Gasteiger partial charge on any atom is 0.126 e. The van der Waals surface area contributed by atoms with Crippen molar-refractivity contribution in [3.05, 3.63) is 54.6 Å². The highest BCUT2D eigenvalue weighted by molar-refractivity contribution is 9.08. The topological polar surface area (TPSA) is 9.23 Å². The Morgan fingerprint density at radius 2 is 1.25 bits per heavy atom. The Morgan fingerprint density at radius 3 is 1.90 bits per heavy atom. The largest absolute Gasteiger partial charge is 0.496 e. The summed E-state index contributed by atoms with van der Waals surface area (Å²) in [6, 6.07) is 19.3. The van der Waals surface area contributed by atoms with Crippen molar-refractivity contribution in [1.82, 2.24) is 0 Å². The molecule has 0 fully saturated rings. The van der Waals surface area contributed by atoms with Crippen LogP contribution >= 0.6 is 15.9 Å². The molecule has 0 aromatic heterocycles. The molecule has 0 saturated heterocycles. The van der Waals surface area contributed by atoms with Gasteiger partial charge in [-0.15, -0.1) is 0 Å². The summed E-state index contributed by atoms with van der Waals surface area (Å²) in [7, 11) is 1.73. The lowest BCUT2D eigenvalue weighted by Crippen LogP contribution is -1.88. The standard InChI is InChI=1S/C17H12O.CH3Br/c1-18-15-10-8-13-6-5-11-3-2-4-12-7-9-14(15)17(13)16(11)12;1-2/h2-10H,1H3;1H3. The molecule has 4 aromatic rings. The van der Waals surface area contributed by atoms with E-state index >= 15 is 0 Å². The lowest BCUT2D eigenvalue weighted by Gasteiger charge is -2.12. The first-order chi connectivity index (χ1) is 9.88. The molecule has 0 radical (unpaired) electrons. The molecule has 0 spiro atoms. The number of methoxy groups -OCH3 is 1. The van der Waals surface area contributed by atoms with Crippen molar-refractivity contribution in [2.75, 3.05) is 12.9 Å². The number of halogens is 1. The second-order valence-corrected chi connectivity index (χ2v) is 4.62. The molecule has 0 heterocycles. The molecule has 0 bridgehead atoms. The molecule has 0 amide bonds.